The summed E-state index contributed by atoms with van der Waals surface area (Å²) in [7, 11) is 0. The molecule has 0 bridgehead atoms. The van der Waals surface area contributed by atoms with E-state index in [1.165, 1.54) is 0 Å². The number of alkyl halides is 3. The number of nitrogens with zero attached hydrogens (tertiary/aromatic N) is 1. The van der Waals surface area contributed by atoms with Gasteiger partial charge >= 0.3 is 6.18 Å². The second-order valence-corrected chi connectivity index (χ2v) is 3.84. The minimum Gasteiger partial charge on any atom is -0.357 e. The second-order valence-electron chi connectivity index (χ2n) is 3.84. The molecule has 0 rings (SSSR count). The first-order valence-electron chi connectivity index (χ1n) is 6.24. The largest absolute Gasteiger partial charge is 0.390 e. The number of nitrogens with one attached hydrogen (secondary N) is 3. The third kappa shape index (κ3) is 13.7. The van der Waals surface area contributed by atoms with E-state index >= 15 is 0 Å². The number of amides is 1. The summed E-state index contributed by atoms with van der Waals surface area (Å²) in [6.45, 7) is 4.40. The maximum absolute atomic E-state index is 12.0. The average Bonchev–Trinajstić information content (AvgIpc) is 2.31. The molecular weight excluding hydrogens is 388 g/mol. The maximum atomic E-state index is 12.0. The van der Waals surface area contributed by atoms with Gasteiger partial charge in [-0.3, -0.25) is 4.79 Å². The number of rotatable bonds is 7. The number of aliphatic imine (C=N–C) groups is 1. The molecule has 0 fully saturated rings. The number of carbonyl (C=O) groups excluding carboxylic acids is 1. The van der Waals surface area contributed by atoms with E-state index in [0.29, 0.717) is 13.1 Å². The molecule has 0 aromatic heterocycles. The molecule has 0 aliphatic carbocycles. The molecule has 1 amide bonds. The van der Waals surface area contributed by atoms with Crippen molar-refractivity contribution in [3.63, 3.8) is 0 Å². The predicted molar refractivity (Wildman–Crippen MR) is 83.4 cm³/mol. The van der Waals surface area contributed by atoms with Crippen molar-refractivity contribution in [3.05, 3.63) is 0 Å². The summed E-state index contributed by atoms with van der Waals surface area (Å²) < 4.78 is 35.9. The first-order valence-corrected chi connectivity index (χ1v) is 6.24. The molecule has 120 valence electrons. The van der Waals surface area contributed by atoms with Gasteiger partial charge in [0.1, 0.15) is 6.54 Å². The molecule has 3 N–H and O–H groups in total. The molecule has 0 unspecified atom stereocenters. The third-order valence-electron chi connectivity index (χ3n) is 2.00. The fraction of sp³-hybridized carbons (Fsp3) is 0.818. The van der Waals surface area contributed by atoms with Gasteiger partial charge in [-0.15, -0.1) is 24.0 Å². The Balaban J connectivity index is 0. The summed E-state index contributed by atoms with van der Waals surface area (Å²) in [4.78, 5) is 15.2. The minimum absolute atomic E-state index is 0. The molecule has 0 aromatic rings. The van der Waals surface area contributed by atoms with E-state index in [1.807, 2.05) is 6.92 Å². The van der Waals surface area contributed by atoms with Gasteiger partial charge in [0.05, 0.1) is 6.42 Å². The molecule has 9 heteroatoms. The minimum atomic E-state index is -4.21. The summed E-state index contributed by atoms with van der Waals surface area (Å²) in [5.74, 6) is -0.0479. The van der Waals surface area contributed by atoms with Gasteiger partial charge in [-0.25, -0.2) is 4.99 Å². The summed E-state index contributed by atoms with van der Waals surface area (Å²) in [6, 6.07) is 0. The van der Waals surface area contributed by atoms with Crippen LogP contribution in [0.5, 0.6) is 0 Å². The van der Waals surface area contributed by atoms with E-state index in [0.717, 1.165) is 6.42 Å². The molecule has 5 nitrogen and oxygen atoms in total. The molecule has 0 aliphatic heterocycles. The summed E-state index contributed by atoms with van der Waals surface area (Å²) in [5, 5.41) is 7.93. The van der Waals surface area contributed by atoms with Crippen LogP contribution in [0.3, 0.4) is 0 Å². The van der Waals surface area contributed by atoms with Crippen molar-refractivity contribution in [2.24, 2.45) is 4.99 Å². The fourth-order valence-corrected chi connectivity index (χ4v) is 1.14. The van der Waals surface area contributed by atoms with Crippen LogP contribution < -0.4 is 16.0 Å². The van der Waals surface area contributed by atoms with Gasteiger partial charge in [-0.2, -0.15) is 13.2 Å². The zero-order valence-electron chi connectivity index (χ0n) is 11.6. The zero-order chi connectivity index (χ0) is 14.7. The fourth-order valence-electron chi connectivity index (χ4n) is 1.14. The van der Waals surface area contributed by atoms with E-state index in [9.17, 15) is 18.0 Å². The van der Waals surface area contributed by atoms with Crippen LogP contribution in [-0.4, -0.2) is 44.2 Å². The lowest BCUT2D eigenvalue weighted by Crippen LogP contribution is -2.40. The van der Waals surface area contributed by atoms with Crippen molar-refractivity contribution >= 4 is 35.8 Å². The van der Waals surface area contributed by atoms with Crippen LogP contribution in [0.4, 0.5) is 13.2 Å². The van der Waals surface area contributed by atoms with Crippen LogP contribution in [0.1, 0.15) is 26.7 Å². The summed E-state index contributed by atoms with van der Waals surface area (Å²) in [6.07, 6.45) is -4.33. The molecule has 0 atom stereocenters. The Labute approximate surface area is 134 Å². The number of carbonyl (C=O) groups is 1. The molecule has 0 aliphatic rings. The van der Waals surface area contributed by atoms with E-state index in [4.69, 9.17) is 0 Å². The number of hydrogen-bond donors (Lipinski definition) is 3. The van der Waals surface area contributed by atoms with Gasteiger partial charge < -0.3 is 16.0 Å². The Morgan fingerprint density at radius 2 is 1.75 bits per heavy atom. The van der Waals surface area contributed by atoms with Crippen molar-refractivity contribution in [2.75, 3.05) is 26.2 Å². The molecule has 20 heavy (non-hydrogen) atoms. The maximum Gasteiger partial charge on any atom is 0.390 e. The van der Waals surface area contributed by atoms with Crippen LogP contribution in [0.2, 0.25) is 0 Å². The van der Waals surface area contributed by atoms with Gasteiger partial charge in [0, 0.05) is 19.6 Å². The summed E-state index contributed by atoms with van der Waals surface area (Å²) in [5.41, 5.74) is 0. The van der Waals surface area contributed by atoms with Crippen molar-refractivity contribution in [3.8, 4) is 0 Å². The highest BCUT2D eigenvalue weighted by Crippen LogP contribution is 2.17. The van der Waals surface area contributed by atoms with E-state index < -0.39 is 12.6 Å². The lowest BCUT2D eigenvalue weighted by molar-refractivity contribution is -0.132. The van der Waals surface area contributed by atoms with Crippen LogP contribution in [0.25, 0.3) is 0 Å². The number of guanidine groups is 1. The Morgan fingerprint density at radius 3 is 2.25 bits per heavy atom. The Bertz CT molecular complexity index is 298. The van der Waals surface area contributed by atoms with Crippen molar-refractivity contribution in [1.82, 2.24) is 16.0 Å². The van der Waals surface area contributed by atoms with Crippen LogP contribution >= 0.6 is 24.0 Å². The molecule has 0 spiro atoms. The second kappa shape index (κ2) is 12.0. The van der Waals surface area contributed by atoms with Crippen molar-refractivity contribution in [1.29, 1.82) is 0 Å². The lowest BCUT2D eigenvalue weighted by Gasteiger charge is -2.12. The number of halogens is 4. The first kappa shape index (κ1) is 21.6. The van der Waals surface area contributed by atoms with Crippen LogP contribution in [-0.2, 0) is 4.79 Å². The highest BCUT2D eigenvalue weighted by Gasteiger charge is 2.26. The van der Waals surface area contributed by atoms with Gasteiger partial charge in [0.25, 0.3) is 0 Å². The van der Waals surface area contributed by atoms with Gasteiger partial charge in [-0.05, 0) is 13.3 Å². The lowest BCUT2D eigenvalue weighted by atomic mass is 10.4. The van der Waals surface area contributed by atoms with E-state index in [-0.39, 0.29) is 48.9 Å². The SMILES string of the molecule is CCCNC(=O)CN=C(NCC)NCCC(F)(F)F.I. The Hall–Kier alpha value is -0.740. The van der Waals surface area contributed by atoms with Gasteiger partial charge in [-0.1, -0.05) is 6.92 Å². The van der Waals surface area contributed by atoms with Gasteiger partial charge in [0.2, 0.25) is 5.91 Å². The number of hydrogen-bond acceptors (Lipinski definition) is 2. The van der Waals surface area contributed by atoms with Crippen LogP contribution in [0, 0.1) is 0 Å². The Kier molecular flexibility index (Phi) is 13.0. The molecule has 0 saturated heterocycles. The smallest absolute Gasteiger partial charge is 0.357 e. The first-order chi connectivity index (χ1) is 8.89. The van der Waals surface area contributed by atoms with Crippen molar-refractivity contribution in [2.45, 2.75) is 32.9 Å². The van der Waals surface area contributed by atoms with Crippen molar-refractivity contribution < 1.29 is 18.0 Å². The summed E-state index contributed by atoms with van der Waals surface area (Å²) >= 11 is 0. The monoisotopic (exact) mass is 410 g/mol. The molecule has 0 radical (unpaired) electrons. The zero-order valence-corrected chi connectivity index (χ0v) is 14.0. The quantitative estimate of drug-likeness (QED) is 0.340. The average molecular weight is 410 g/mol. The van der Waals surface area contributed by atoms with E-state index in [2.05, 4.69) is 20.9 Å². The topological polar surface area (TPSA) is 65.5 Å². The highest BCUT2D eigenvalue weighted by molar-refractivity contribution is 14.0. The van der Waals surface area contributed by atoms with E-state index in [1.54, 1.807) is 6.92 Å². The predicted octanol–water partition coefficient (Wildman–Crippen LogP) is 1.64. The molecular formula is C11H22F3IN4O. The van der Waals surface area contributed by atoms with Gasteiger partial charge in [0.15, 0.2) is 5.96 Å². The standard InChI is InChI=1S/C11H21F3N4O.HI/c1-3-6-16-9(19)8-18-10(15-4-2)17-7-5-11(12,13)14;/h3-8H2,1-2H3,(H,16,19)(H2,15,17,18);1H. The molecule has 0 aromatic carbocycles. The third-order valence-corrected chi connectivity index (χ3v) is 2.00. The normalized spacial score (nSPS) is 11.6. The highest BCUT2D eigenvalue weighted by atomic mass is 127. The molecule has 0 heterocycles. The molecule has 0 saturated carbocycles. The van der Waals surface area contributed by atoms with Crippen LogP contribution in [0.15, 0.2) is 4.99 Å². The Morgan fingerprint density at radius 1 is 1.10 bits per heavy atom.